The normalized spacial score (nSPS) is 13.3. The van der Waals surface area contributed by atoms with Crippen LogP contribution in [0, 0.1) is 13.8 Å². The Labute approximate surface area is 310 Å². The molecule has 5 aromatic carbocycles. The summed E-state index contributed by atoms with van der Waals surface area (Å²) in [4.78, 5) is 9.45. The van der Waals surface area contributed by atoms with E-state index in [0.717, 1.165) is 18.0 Å². The predicted molar refractivity (Wildman–Crippen MR) is 218 cm³/mol. The first-order chi connectivity index (χ1) is 24.7. The highest BCUT2D eigenvalue weighted by Crippen LogP contribution is 2.50. The minimum absolute atomic E-state index is 0.0172. The van der Waals surface area contributed by atoms with Crippen LogP contribution >= 0.6 is 0 Å². The molecule has 1 aliphatic heterocycles. The lowest BCUT2D eigenvalue weighted by atomic mass is 9.64. The van der Waals surface area contributed by atoms with Gasteiger partial charge in [0, 0.05) is 25.0 Å². The molecule has 0 fully saturated rings. The van der Waals surface area contributed by atoms with Crippen LogP contribution in [0.15, 0.2) is 134 Å². The minimum atomic E-state index is -0.670. The fourth-order valence-electron chi connectivity index (χ4n) is 7.53. The molecule has 0 N–H and O–H groups in total. The molecule has 4 heteroatoms. The monoisotopic (exact) mass is 685 g/mol. The molecule has 7 rings (SSSR count). The van der Waals surface area contributed by atoms with Crippen molar-refractivity contribution in [1.29, 1.82) is 0 Å². The molecule has 4 nitrogen and oxygen atoms in total. The number of anilines is 3. The molecule has 0 saturated heterocycles. The molecule has 2 heterocycles. The van der Waals surface area contributed by atoms with Gasteiger partial charge in [-0.2, -0.15) is 0 Å². The van der Waals surface area contributed by atoms with Crippen LogP contribution in [0.4, 0.5) is 17.1 Å². The average Bonchev–Trinajstić information content (AvgIpc) is 3.43. The highest BCUT2D eigenvalue weighted by molar-refractivity contribution is 5.84. The van der Waals surface area contributed by atoms with Crippen LogP contribution in [0.25, 0.3) is 0 Å². The van der Waals surface area contributed by atoms with E-state index in [1.165, 1.54) is 56.0 Å². The number of hydrogen-bond acceptors (Lipinski definition) is 4. The average molecular weight is 686 g/mol. The van der Waals surface area contributed by atoms with Gasteiger partial charge < -0.3 is 14.5 Å². The highest BCUT2D eigenvalue weighted by Gasteiger charge is 2.40. The summed E-state index contributed by atoms with van der Waals surface area (Å²) < 4.78 is 6.59. The van der Waals surface area contributed by atoms with Crippen LogP contribution in [0.3, 0.4) is 0 Å². The molecule has 0 spiro atoms. The Morgan fingerprint density at radius 1 is 0.538 bits per heavy atom. The first-order valence-electron chi connectivity index (χ1n) is 18.4. The van der Waals surface area contributed by atoms with Gasteiger partial charge in [-0.15, -0.1) is 0 Å². The molecule has 0 amide bonds. The van der Waals surface area contributed by atoms with Gasteiger partial charge in [0.15, 0.2) is 0 Å². The van der Waals surface area contributed by atoms with Crippen molar-refractivity contribution in [1.82, 2.24) is 4.98 Å². The van der Waals surface area contributed by atoms with Gasteiger partial charge in [-0.3, -0.25) is 0 Å². The van der Waals surface area contributed by atoms with Crippen molar-refractivity contribution in [2.24, 2.45) is 0 Å². The maximum Gasteiger partial charge on any atom is 0.219 e. The second kappa shape index (κ2) is 13.3. The van der Waals surface area contributed by atoms with E-state index in [1.54, 1.807) is 0 Å². The van der Waals surface area contributed by atoms with E-state index in [4.69, 9.17) is 4.74 Å². The third kappa shape index (κ3) is 6.47. The van der Waals surface area contributed by atoms with Crippen molar-refractivity contribution < 1.29 is 4.74 Å². The summed E-state index contributed by atoms with van der Waals surface area (Å²) in [6.45, 7) is 18.8. The molecule has 0 unspecified atom stereocenters. The lowest BCUT2D eigenvalue weighted by Crippen LogP contribution is -2.32. The summed E-state index contributed by atoms with van der Waals surface area (Å²) in [7, 11) is 2.19. The molecule has 1 aliphatic rings. The van der Waals surface area contributed by atoms with Gasteiger partial charge in [0.1, 0.15) is 5.75 Å². The third-order valence-corrected chi connectivity index (χ3v) is 10.7. The molecule has 0 aliphatic carbocycles. The zero-order valence-corrected chi connectivity index (χ0v) is 32.2. The fraction of sp³-hybridized carbons (Fsp3) is 0.271. The number of ether oxygens (including phenoxy) is 1. The number of nitrogens with zero attached hydrogens (tertiary/aromatic N) is 3. The Balaban J connectivity index is 1.49. The van der Waals surface area contributed by atoms with Crippen molar-refractivity contribution in [2.45, 2.75) is 71.6 Å². The number of benzene rings is 5. The first kappa shape index (κ1) is 35.1. The standard InChI is InChI=1S/C48H51N3O/c1-33-25-43-44(26-34(33)2)51(32-50(43)9)41-28-39(47(6,7)8)27-40(29-41)48(35-17-12-10-13-18-35,36-19-14-11-15-20-36)38-21-16-22-42(30-38)52-45-31-37(23-24-49-45)46(3,4)5/h10-31H,32H2,1-9H3. The van der Waals surface area contributed by atoms with Gasteiger partial charge in [-0.1, -0.05) is 120 Å². The molecule has 6 aromatic rings. The summed E-state index contributed by atoms with van der Waals surface area (Å²) in [5.74, 6) is 1.34. The maximum atomic E-state index is 6.59. The van der Waals surface area contributed by atoms with Gasteiger partial charge in [0.25, 0.3) is 0 Å². The van der Waals surface area contributed by atoms with Crippen molar-refractivity contribution in [2.75, 3.05) is 23.5 Å². The summed E-state index contributed by atoms with van der Waals surface area (Å²) in [5.41, 5.74) is 12.7. The molecule has 0 bridgehead atoms. The number of aromatic nitrogens is 1. The number of hydrogen-bond donors (Lipinski definition) is 0. The summed E-state index contributed by atoms with van der Waals surface area (Å²) in [6.07, 6.45) is 1.84. The molecular weight excluding hydrogens is 635 g/mol. The molecule has 0 radical (unpaired) electrons. The van der Waals surface area contributed by atoms with Crippen LogP contribution in [-0.4, -0.2) is 18.7 Å². The number of pyridine rings is 1. The van der Waals surface area contributed by atoms with Crippen LogP contribution in [0.1, 0.15) is 86.1 Å². The van der Waals surface area contributed by atoms with Crippen molar-refractivity contribution in [3.05, 3.63) is 178 Å². The van der Waals surface area contributed by atoms with E-state index in [1.807, 2.05) is 12.3 Å². The van der Waals surface area contributed by atoms with Crippen LogP contribution in [0.2, 0.25) is 0 Å². The molecule has 0 saturated carbocycles. The lowest BCUT2D eigenvalue weighted by molar-refractivity contribution is 0.457. The maximum absolute atomic E-state index is 6.59. The van der Waals surface area contributed by atoms with Crippen LogP contribution in [0.5, 0.6) is 11.6 Å². The summed E-state index contributed by atoms with van der Waals surface area (Å²) in [6, 6.07) is 46.6. The smallest absolute Gasteiger partial charge is 0.219 e. The number of fused-ring (bicyclic) bond motifs is 1. The first-order valence-corrected chi connectivity index (χ1v) is 18.4. The van der Waals surface area contributed by atoms with Gasteiger partial charge in [-0.25, -0.2) is 4.98 Å². The van der Waals surface area contributed by atoms with Crippen molar-refractivity contribution in [3.63, 3.8) is 0 Å². The van der Waals surface area contributed by atoms with E-state index in [-0.39, 0.29) is 10.8 Å². The fourth-order valence-corrected chi connectivity index (χ4v) is 7.53. The van der Waals surface area contributed by atoms with E-state index in [0.29, 0.717) is 5.88 Å². The molecule has 0 atom stereocenters. The second-order valence-corrected chi connectivity index (χ2v) is 16.5. The van der Waals surface area contributed by atoms with Crippen molar-refractivity contribution in [3.8, 4) is 11.6 Å². The van der Waals surface area contributed by atoms with Crippen LogP contribution in [-0.2, 0) is 16.2 Å². The SMILES string of the molecule is Cc1cc2c(cc1C)N(c1cc(C(C)(C)C)cc(C(c3ccccc3)(c3ccccc3)c3cccc(Oc4cc(C(C)(C)C)ccn4)c3)c1)CN2C. The molecular formula is C48H51N3O. The van der Waals surface area contributed by atoms with Crippen LogP contribution < -0.4 is 14.5 Å². The Bertz CT molecular complexity index is 2170. The topological polar surface area (TPSA) is 28.6 Å². The Morgan fingerprint density at radius 2 is 1.12 bits per heavy atom. The van der Waals surface area contributed by atoms with Gasteiger partial charge in [0.2, 0.25) is 5.88 Å². The summed E-state index contributed by atoms with van der Waals surface area (Å²) in [5, 5.41) is 0. The van der Waals surface area contributed by atoms with Gasteiger partial charge in [0.05, 0.1) is 23.5 Å². The lowest BCUT2D eigenvalue weighted by Gasteiger charge is -2.38. The Morgan fingerprint density at radius 3 is 1.73 bits per heavy atom. The zero-order chi connectivity index (χ0) is 36.8. The highest BCUT2D eigenvalue weighted by atomic mass is 16.5. The quantitative estimate of drug-likeness (QED) is 0.156. The van der Waals surface area contributed by atoms with E-state index in [9.17, 15) is 0 Å². The number of aryl methyl sites for hydroxylation is 2. The predicted octanol–water partition coefficient (Wildman–Crippen LogP) is 12.0. The van der Waals surface area contributed by atoms with Crippen molar-refractivity contribution >= 4 is 17.1 Å². The molecule has 1 aromatic heterocycles. The van der Waals surface area contributed by atoms with E-state index >= 15 is 0 Å². The Kier molecular flexibility index (Phi) is 8.99. The van der Waals surface area contributed by atoms with E-state index < -0.39 is 5.41 Å². The molecule has 264 valence electrons. The molecule has 52 heavy (non-hydrogen) atoms. The zero-order valence-electron chi connectivity index (χ0n) is 32.2. The van der Waals surface area contributed by atoms with Gasteiger partial charge in [-0.05, 0) is 112 Å². The number of rotatable bonds is 7. The Hall–Kier alpha value is -5.35. The third-order valence-electron chi connectivity index (χ3n) is 10.7. The van der Waals surface area contributed by atoms with E-state index in [2.05, 4.69) is 199 Å². The largest absolute Gasteiger partial charge is 0.439 e. The minimum Gasteiger partial charge on any atom is -0.439 e. The second-order valence-electron chi connectivity index (χ2n) is 16.5. The summed E-state index contributed by atoms with van der Waals surface area (Å²) >= 11 is 0. The van der Waals surface area contributed by atoms with Gasteiger partial charge >= 0.3 is 0 Å².